The Morgan fingerprint density at radius 2 is 1.67 bits per heavy atom. The van der Waals surface area contributed by atoms with Crippen LogP contribution in [0.5, 0.6) is 0 Å². The minimum atomic E-state index is -0.0654. The zero-order valence-electron chi connectivity index (χ0n) is 8.97. The minimum absolute atomic E-state index is 0.0654. The molecule has 2 fully saturated rings. The molecule has 0 aromatic rings. The fraction of sp³-hybridized carbons (Fsp3) is 0.900. The molecule has 0 amide bonds. The van der Waals surface area contributed by atoms with E-state index in [4.69, 9.17) is 4.74 Å². The summed E-state index contributed by atoms with van der Waals surface area (Å²) in [5.74, 6) is 0. The van der Waals surface area contributed by atoms with E-state index in [1.807, 2.05) is 0 Å². The highest BCUT2D eigenvalue weighted by Gasteiger charge is 2.27. The van der Waals surface area contributed by atoms with E-state index in [2.05, 4.69) is 15.1 Å². The Balaban J connectivity index is 1.91. The summed E-state index contributed by atoms with van der Waals surface area (Å²) in [4.78, 5) is 15.6. The molecule has 15 heavy (non-hydrogen) atoms. The van der Waals surface area contributed by atoms with E-state index in [1.165, 1.54) is 0 Å². The van der Waals surface area contributed by atoms with Crippen LogP contribution in [-0.2, 0) is 9.53 Å². The molecule has 2 rings (SSSR count). The molecule has 0 saturated carbocycles. The molecule has 0 aromatic carbocycles. The maximum Gasteiger partial charge on any atom is 0.151 e. The largest absolute Gasteiger partial charge is 0.379 e. The van der Waals surface area contributed by atoms with Gasteiger partial charge in [0.25, 0.3) is 0 Å². The quantitative estimate of drug-likeness (QED) is 0.549. The van der Waals surface area contributed by atoms with Gasteiger partial charge in [-0.2, -0.15) is 0 Å². The van der Waals surface area contributed by atoms with Crippen molar-refractivity contribution >= 4 is 6.29 Å². The second-order valence-electron chi connectivity index (χ2n) is 3.90. The van der Waals surface area contributed by atoms with E-state index in [-0.39, 0.29) is 6.17 Å². The van der Waals surface area contributed by atoms with Crippen LogP contribution >= 0.6 is 0 Å². The molecule has 0 spiro atoms. The van der Waals surface area contributed by atoms with Gasteiger partial charge in [-0.1, -0.05) is 0 Å². The Labute approximate surface area is 90.4 Å². The minimum Gasteiger partial charge on any atom is -0.379 e. The van der Waals surface area contributed by atoms with E-state index in [1.54, 1.807) is 0 Å². The summed E-state index contributed by atoms with van der Waals surface area (Å²) >= 11 is 0. The molecule has 2 saturated heterocycles. The van der Waals surface area contributed by atoms with Crippen LogP contribution in [0.15, 0.2) is 0 Å². The van der Waals surface area contributed by atoms with Gasteiger partial charge in [0.05, 0.1) is 13.2 Å². The van der Waals surface area contributed by atoms with Gasteiger partial charge in [-0.3, -0.25) is 9.80 Å². The molecule has 85 valence electrons. The van der Waals surface area contributed by atoms with Crippen LogP contribution in [0.3, 0.4) is 0 Å². The van der Waals surface area contributed by atoms with Crippen molar-refractivity contribution in [3.63, 3.8) is 0 Å². The molecule has 2 aliphatic rings. The van der Waals surface area contributed by atoms with E-state index < -0.39 is 0 Å². The average Bonchev–Trinajstić information content (AvgIpc) is 2.33. The molecule has 0 bridgehead atoms. The number of nitrogens with zero attached hydrogens (tertiary/aromatic N) is 3. The standard InChI is InChI=1S/C10H18N3O2/c14-9-10(12-3-1-11-2-4-12)13-5-7-15-8-6-13/h9-10H,1-8H2. The first-order chi connectivity index (χ1) is 7.42. The average molecular weight is 212 g/mol. The first-order valence-electron chi connectivity index (χ1n) is 5.56. The second-order valence-corrected chi connectivity index (χ2v) is 3.90. The van der Waals surface area contributed by atoms with Crippen LogP contribution in [-0.4, -0.2) is 74.7 Å². The molecule has 0 N–H and O–H groups in total. The Morgan fingerprint density at radius 1 is 1.07 bits per heavy atom. The summed E-state index contributed by atoms with van der Waals surface area (Å²) in [5.41, 5.74) is 0. The Bertz CT molecular complexity index is 183. The molecule has 2 aliphatic heterocycles. The molecular weight excluding hydrogens is 194 g/mol. The summed E-state index contributed by atoms with van der Waals surface area (Å²) in [6, 6.07) is 0. The van der Waals surface area contributed by atoms with Crippen LogP contribution in [0.1, 0.15) is 0 Å². The third kappa shape index (κ3) is 2.75. The van der Waals surface area contributed by atoms with Crippen molar-refractivity contribution in [2.45, 2.75) is 6.17 Å². The number of ether oxygens (including phenoxy) is 1. The van der Waals surface area contributed by atoms with Gasteiger partial charge in [-0.05, 0) is 0 Å². The molecule has 1 atom stereocenters. The number of hydrogen-bond acceptors (Lipinski definition) is 4. The summed E-state index contributed by atoms with van der Waals surface area (Å²) < 4.78 is 5.29. The number of piperazine rings is 1. The van der Waals surface area contributed by atoms with E-state index in [0.717, 1.165) is 58.8 Å². The topological polar surface area (TPSA) is 46.9 Å². The highest BCUT2D eigenvalue weighted by molar-refractivity contribution is 5.57. The lowest BCUT2D eigenvalue weighted by Crippen LogP contribution is -2.57. The molecular formula is C10H18N3O2. The molecule has 5 heteroatoms. The van der Waals surface area contributed by atoms with Crippen molar-refractivity contribution in [3.8, 4) is 0 Å². The zero-order chi connectivity index (χ0) is 10.5. The van der Waals surface area contributed by atoms with Gasteiger partial charge in [-0.15, -0.1) is 0 Å². The maximum absolute atomic E-state index is 11.1. The van der Waals surface area contributed by atoms with Crippen molar-refractivity contribution in [1.82, 2.24) is 15.1 Å². The second kappa shape index (κ2) is 5.55. The predicted octanol–water partition coefficient (Wildman–Crippen LogP) is -1.24. The van der Waals surface area contributed by atoms with Gasteiger partial charge in [0.2, 0.25) is 0 Å². The number of morpholine rings is 1. The predicted molar refractivity (Wildman–Crippen MR) is 55.7 cm³/mol. The molecule has 1 radical (unpaired) electrons. The molecule has 0 aromatic heterocycles. The van der Waals surface area contributed by atoms with Gasteiger partial charge < -0.3 is 9.53 Å². The first-order valence-corrected chi connectivity index (χ1v) is 5.56. The normalized spacial score (nSPS) is 27.5. The summed E-state index contributed by atoms with van der Waals surface area (Å²) in [6.45, 7) is 6.71. The van der Waals surface area contributed by atoms with Crippen LogP contribution < -0.4 is 5.32 Å². The zero-order valence-corrected chi connectivity index (χ0v) is 8.97. The number of aldehydes is 1. The van der Waals surface area contributed by atoms with Gasteiger partial charge in [-0.25, -0.2) is 5.32 Å². The lowest BCUT2D eigenvalue weighted by Gasteiger charge is -2.39. The molecule has 0 aliphatic carbocycles. The molecule has 2 heterocycles. The Kier molecular flexibility index (Phi) is 4.08. The number of rotatable bonds is 3. The molecule has 5 nitrogen and oxygen atoms in total. The lowest BCUT2D eigenvalue weighted by molar-refractivity contribution is -0.122. The van der Waals surface area contributed by atoms with Gasteiger partial charge in [0, 0.05) is 39.3 Å². The summed E-state index contributed by atoms with van der Waals surface area (Å²) in [5, 5.41) is 4.29. The SMILES string of the molecule is O=CC(N1CC[N]CC1)N1CCOCC1. The molecule has 1 unspecified atom stereocenters. The van der Waals surface area contributed by atoms with Crippen molar-refractivity contribution < 1.29 is 9.53 Å². The smallest absolute Gasteiger partial charge is 0.151 e. The van der Waals surface area contributed by atoms with Crippen molar-refractivity contribution in [2.24, 2.45) is 0 Å². The van der Waals surface area contributed by atoms with Crippen LogP contribution in [0.4, 0.5) is 0 Å². The lowest BCUT2D eigenvalue weighted by atomic mass is 10.3. The Morgan fingerprint density at radius 3 is 2.27 bits per heavy atom. The van der Waals surface area contributed by atoms with Crippen molar-refractivity contribution in [3.05, 3.63) is 0 Å². The van der Waals surface area contributed by atoms with Gasteiger partial charge in [0.1, 0.15) is 6.17 Å². The fourth-order valence-electron chi connectivity index (χ4n) is 2.13. The highest BCUT2D eigenvalue weighted by Crippen LogP contribution is 2.08. The van der Waals surface area contributed by atoms with E-state index in [9.17, 15) is 4.79 Å². The van der Waals surface area contributed by atoms with Crippen LogP contribution in [0.2, 0.25) is 0 Å². The first kappa shape index (κ1) is 11.0. The van der Waals surface area contributed by atoms with Crippen LogP contribution in [0.25, 0.3) is 0 Å². The number of hydrogen-bond donors (Lipinski definition) is 0. The summed E-state index contributed by atoms with van der Waals surface area (Å²) in [6.07, 6.45) is 0.987. The van der Waals surface area contributed by atoms with Crippen LogP contribution in [0, 0.1) is 0 Å². The van der Waals surface area contributed by atoms with Gasteiger partial charge in [0.15, 0.2) is 6.29 Å². The van der Waals surface area contributed by atoms with Gasteiger partial charge >= 0.3 is 0 Å². The monoisotopic (exact) mass is 212 g/mol. The number of carbonyl (C=O) groups excluding carboxylic acids is 1. The van der Waals surface area contributed by atoms with Crippen molar-refractivity contribution in [2.75, 3.05) is 52.5 Å². The summed E-state index contributed by atoms with van der Waals surface area (Å²) in [7, 11) is 0. The third-order valence-electron chi connectivity index (χ3n) is 3.01. The van der Waals surface area contributed by atoms with E-state index in [0.29, 0.717) is 0 Å². The highest BCUT2D eigenvalue weighted by atomic mass is 16.5. The van der Waals surface area contributed by atoms with E-state index >= 15 is 0 Å². The third-order valence-corrected chi connectivity index (χ3v) is 3.01. The Hall–Kier alpha value is -0.490. The fourth-order valence-corrected chi connectivity index (χ4v) is 2.13. The maximum atomic E-state index is 11.1. The van der Waals surface area contributed by atoms with Crippen molar-refractivity contribution in [1.29, 1.82) is 0 Å². The number of carbonyl (C=O) groups is 1.